The van der Waals surface area contributed by atoms with Crippen molar-refractivity contribution >= 4 is 17.4 Å². The van der Waals surface area contributed by atoms with E-state index in [0.29, 0.717) is 11.3 Å². The summed E-state index contributed by atoms with van der Waals surface area (Å²) in [6.45, 7) is 1.01. The van der Waals surface area contributed by atoms with Crippen molar-refractivity contribution in [1.82, 2.24) is 4.98 Å². The molecule has 6 heteroatoms. The molecule has 3 N–H and O–H groups in total. The van der Waals surface area contributed by atoms with E-state index < -0.39 is 0 Å². The number of halogens is 1. The molecule has 0 radical (unpaired) electrons. The van der Waals surface area contributed by atoms with Crippen molar-refractivity contribution in [3.63, 3.8) is 0 Å². The van der Waals surface area contributed by atoms with Crippen LogP contribution >= 0.6 is 0 Å². The number of hydrogen-bond donors (Lipinski definition) is 3. The maximum Gasteiger partial charge on any atom is 0.255 e. The van der Waals surface area contributed by atoms with Crippen LogP contribution in [0, 0.1) is 5.82 Å². The highest BCUT2D eigenvalue weighted by molar-refractivity contribution is 6.04. The first-order valence-corrected chi connectivity index (χ1v) is 7.57. The number of anilines is 2. The average Bonchev–Trinajstić information content (AvgIpc) is 2.57. The molecule has 0 fully saturated rings. The minimum Gasteiger partial charge on any atom is -0.396 e. The third-order valence-corrected chi connectivity index (χ3v) is 3.27. The molecule has 1 aromatic heterocycles. The molecular formula is C17H20FN3O2. The van der Waals surface area contributed by atoms with Crippen molar-refractivity contribution < 1.29 is 14.3 Å². The van der Waals surface area contributed by atoms with Crippen LogP contribution in [0.15, 0.2) is 42.6 Å². The Morgan fingerprint density at radius 2 is 1.87 bits per heavy atom. The van der Waals surface area contributed by atoms with Crippen molar-refractivity contribution in [2.75, 3.05) is 23.8 Å². The van der Waals surface area contributed by atoms with Gasteiger partial charge in [0, 0.05) is 18.7 Å². The molecule has 0 bridgehead atoms. The van der Waals surface area contributed by atoms with Gasteiger partial charge in [0.15, 0.2) is 0 Å². The Morgan fingerprint density at radius 1 is 1.09 bits per heavy atom. The van der Waals surface area contributed by atoms with E-state index in [2.05, 4.69) is 15.6 Å². The van der Waals surface area contributed by atoms with E-state index >= 15 is 0 Å². The zero-order valence-electron chi connectivity index (χ0n) is 12.8. The number of nitrogens with zero attached hydrogens (tertiary/aromatic N) is 1. The highest BCUT2D eigenvalue weighted by Crippen LogP contribution is 2.12. The van der Waals surface area contributed by atoms with Gasteiger partial charge in [-0.05, 0) is 55.7 Å². The number of pyridine rings is 1. The Hall–Kier alpha value is -2.47. The van der Waals surface area contributed by atoms with Crippen LogP contribution in [0.2, 0.25) is 0 Å². The molecule has 5 nitrogen and oxygen atoms in total. The number of aromatic nitrogens is 1. The number of nitrogens with one attached hydrogen (secondary N) is 2. The number of carbonyl (C=O) groups is 1. The molecule has 0 saturated carbocycles. The van der Waals surface area contributed by atoms with E-state index in [1.165, 1.54) is 24.3 Å². The van der Waals surface area contributed by atoms with Gasteiger partial charge < -0.3 is 15.7 Å². The van der Waals surface area contributed by atoms with Gasteiger partial charge >= 0.3 is 0 Å². The zero-order valence-corrected chi connectivity index (χ0v) is 12.8. The summed E-state index contributed by atoms with van der Waals surface area (Å²) >= 11 is 0. The van der Waals surface area contributed by atoms with Gasteiger partial charge in [-0.25, -0.2) is 9.37 Å². The third kappa shape index (κ3) is 5.67. The van der Waals surface area contributed by atoms with Crippen LogP contribution in [0.3, 0.4) is 0 Å². The first kappa shape index (κ1) is 16.9. The smallest absolute Gasteiger partial charge is 0.255 e. The van der Waals surface area contributed by atoms with Gasteiger partial charge in [-0.2, -0.15) is 0 Å². The fraction of sp³-hybridized carbons (Fsp3) is 0.294. The maximum absolute atomic E-state index is 12.8. The van der Waals surface area contributed by atoms with E-state index in [1.54, 1.807) is 18.3 Å². The van der Waals surface area contributed by atoms with Gasteiger partial charge in [0.25, 0.3) is 5.91 Å². The molecule has 122 valence electrons. The SMILES string of the molecule is O=C(Nc1ccc(NCCCCCO)nc1)c1ccc(F)cc1. The number of carbonyl (C=O) groups excluding carboxylic acids is 1. The predicted octanol–water partition coefficient (Wildman–Crippen LogP) is 3.05. The standard InChI is InChI=1S/C17H20FN3O2/c18-14-6-4-13(5-7-14)17(23)21-15-8-9-16(20-12-15)19-10-2-1-3-11-22/h4-9,12,22H,1-3,10-11H2,(H,19,20)(H,21,23). The molecule has 0 aliphatic rings. The first-order valence-electron chi connectivity index (χ1n) is 7.57. The summed E-state index contributed by atoms with van der Waals surface area (Å²) in [6.07, 6.45) is 4.31. The monoisotopic (exact) mass is 317 g/mol. The molecule has 1 aromatic carbocycles. The molecule has 0 unspecified atom stereocenters. The lowest BCUT2D eigenvalue weighted by Crippen LogP contribution is -2.12. The Labute approximate surface area is 134 Å². The molecule has 1 amide bonds. The highest BCUT2D eigenvalue weighted by Gasteiger charge is 2.06. The molecule has 23 heavy (non-hydrogen) atoms. The number of amides is 1. The second-order valence-electron chi connectivity index (χ2n) is 5.10. The predicted molar refractivity (Wildman–Crippen MR) is 88.0 cm³/mol. The summed E-state index contributed by atoms with van der Waals surface area (Å²) in [4.78, 5) is 16.2. The summed E-state index contributed by atoms with van der Waals surface area (Å²) in [7, 11) is 0. The lowest BCUT2D eigenvalue weighted by atomic mass is 10.2. The van der Waals surface area contributed by atoms with Crippen LogP contribution < -0.4 is 10.6 Å². The summed E-state index contributed by atoms with van der Waals surface area (Å²) in [5.41, 5.74) is 0.961. The second kappa shape index (κ2) is 8.85. The van der Waals surface area contributed by atoms with Gasteiger partial charge in [-0.1, -0.05) is 0 Å². The number of unbranched alkanes of at least 4 members (excludes halogenated alkanes) is 2. The van der Waals surface area contributed by atoms with Gasteiger partial charge in [-0.3, -0.25) is 4.79 Å². The van der Waals surface area contributed by atoms with Crippen LogP contribution in [-0.4, -0.2) is 29.1 Å². The Kier molecular flexibility index (Phi) is 6.50. The van der Waals surface area contributed by atoms with Crippen LogP contribution in [0.4, 0.5) is 15.9 Å². The number of benzene rings is 1. The van der Waals surface area contributed by atoms with E-state index in [4.69, 9.17) is 5.11 Å². The minimum atomic E-state index is -0.377. The molecule has 2 aromatic rings. The van der Waals surface area contributed by atoms with Gasteiger partial charge in [0.05, 0.1) is 11.9 Å². The average molecular weight is 317 g/mol. The molecule has 2 rings (SSSR count). The molecule has 0 saturated heterocycles. The Bertz CT molecular complexity index is 615. The summed E-state index contributed by atoms with van der Waals surface area (Å²) in [5.74, 6) is 0.0444. The van der Waals surface area contributed by atoms with E-state index in [1.807, 2.05) is 0 Å². The number of hydrogen-bond acceptors (Lipinski definition) is 4. The first-order chi connectivity index (χ1) is 11.2. The second-order valence-corrected chi connectivity index (χ2v) is 5.10. The largest absolute Gasteiger partial charge is 0.396 e. The van der Waals surface area contributed by atoms with E-state index in [9.17, 15) is 9.18 Å². The zero-order chi connectivity index (χ0) is 16.5. The lowest BCUT2D eigenvalue weighted by Gasteiger charge is -2.08. The molecular weight excluding hydrogens is 297 g/mol. The van der Waals surface area contributed by atoms with Crippen LogP contribution in [0.5, 0.6) is 0 Å². The van der Waals surface area contributed by atoms with Crippen LogP contribution in [0.25, 0.3) is 0 Å². The van der Waals surface area contributed by atoms with Gasteiger partial charge in [0.1, 0.15) is 11.6 Å². The van der Waals surface area contributed by atoms with Crippen molar-refractivity contribution in [1.29, 1.82) is 0 Å². The van der Waals surface area contributed by atoms with Crippen LogP contribution in [0.1, 0.15) is 29.6 Å². The van der Waals surface area contributed by atoms with Crippen LogP contribution in [-0.2, 0) is 0 Å². The molecule has 1 heterocycles. The number of aliphatic hydroxyl groups is 1. The van der Waals surface area contributed by atoms with E-state index in [-0.39, 0.29) is 18.3 Å². The van der Waals surface area contributed by atoms with Crippen molar-refractivity contribution in [3.05, 3.63) is 54.0 Å². The summed E-state index contributed by atoms with van der Waals surface area (Å²) in [6, 6.07) is 8.89. The molecule has 0 aliphatic heterocycles. The summed E-state index contributed by atoms with van der Waals surface area (Å²) in [5, 5.41) is 14.6. The molecule has 0 spiro atoms. The summed E-state index contributed by atoms with van der Waals surface area (Å²) < 4.78 is 12.8. The highest BCUT2D eigenvalue weighted by atomic mass is 19.1. The third-order valence-electron chi connectivity index (χ3n) is 3.27. The molecule has 0 aliphatic carbocycles. The van der Waals surface area contributed by atoms with Crippen molar-refractivity contribution in [3.8, 4) is 0 Å². The normalized spacial score (nSPS) is 10.3. The Morgan fingerprint density at radius 3 is 2.52 bits per heavy atom. The maximum atomic E-state index is 12.8. The van der Waals surface area contributed by atoms with Gasteiger partial charge in [-0.15, -0.1) is 0 Å². The Balaban J connectivity index is 1.82. The van der Waals surface area contributed by atoms with Gasteiger partial charge in [0.2, 0.25) is 0 Å². The van der Waals surface area contributed by atoms with Crippen molar-refractivity contribution in [2.45, 2.75) is 19.3 Å². The quantitative estimate of drug-likeness (QED) is 0.654. The van der Waals surface area contributed by atoms with E-state index in [0.717, 1.165) is 31.6 Å². The lowest BCUT2D eigenvalue weighted by molar-refractivity contribution is 0.102. The minimum absolute atomic E-state index is 0.223. The number of aliphatic hydroxyl groups excluding tert-OH is 1. The van der Waals surface area contributed by atoms with Crippen molar-refractivity contribution in [2.24, 2.45) is 0 Å². The fourth-order valence-electron chi connectivity index (χ4n) is 2.01. The number of rotatable bonds is 8. The fourth-order valence-corrected chi connectivity index (χ4v) is 2.01. The molecule has 0 atom stereocenters. The topological polar surface area (TPSA) is 74.2 Å².